The van der Waals surface area contributed by atoms with E-state index in [9.17, 15) is 14.7 Å². The monoisotopic (exact) mass is 385 g/mol. The maximum Gasteiger partial charge on any atom is 0.415 e. The van der Waals surface area contributed by atoms with Gasteiger partial charge in [-0.05, 0) is 13.8 Å². The van der Waals surface area contributed by atoms with Gasteiger partial charge in [0.1, 0.15) is 12.5 Å². The predicted molar refractivity (Wildman–Crippen MR) is 84.1 cm³/mol. The molecule has 1 saturated heterocycles. The van der Waals surface area contributed by atoms with Gasteiger partial charge in [0, 0.05) is 14.2 Å². The van der Waals surface area contributed by atoms with Gasteiger partial charge in [0.05, 0.1) is 13.2 Å². The van der Waals surface area contributed by atoms with Gasteiger partial charge in [0.25, 0.3) is 5.91 Å². The minimum Gasteiger partial charge on any atom is -0.422 e. The summed E-state index contributed by atoms with van der Waals surface area (Å²) < 4.78 is 14.1. The lowest BCUT2D eigenvalue weighted by molar-refractivity contribution is -0.263. The molecular weight excluding hydrogens is 358 g/mol. The zero-order valence-electron chi connectivity index (χ0n) is 15.1. The van der Waals surface area contributed by atoms with E-state index in [-0.39, 0.29) is 0 Å². The maximum absolute atomic E-state index is 11.1. The second-order valence-corrected chi connectivity index (χ2v) is 5.61. The Bertz CT molecular complexity index is 438. The van der Waals surface area contributed by atoms with Gasteiger partial charge in [-0.25, -0.2) is 9.59 Å². The Morgan fingerprint density at radius 2 is 1.62 bits per heavy atom. The van der Waals surface area contributed by atoms with Crippen LogP contribution >= 0.6 is 0 Å². The number of carbonyl (C=O) groups excluding carboxylic acids is 2. The molecule has 0 spiro atoms. The van der Waals surface area contributed by atoms with Gasteiger partial charge >= 0.3 is 12.1 Å². The summed E-state index contributed by atoms with van der Waals surface area (Å²) in [6.07, 6.45) is -0.979. The second kappa shape index (κ2) is 9.82. The van der Waals surface area contributed by atoms with Crippen LogP contribution in [-0.2, 0) is 14.2 Å². The van der Waals surface area contributed by atoms with Gasteiger partial charge in [-0.3, -0.25) is 10.2 Å². The van der Waals surface area contributed by atoms with Crippen LogP contribution in [0.15, 0.2) is 0 Å². The highest BCUT2D eigenvalue weighted by atomic mass is 16.7. The Balaban J connectivity index is 0.000000488. The Morgan fingerprint density at radius 3 is 1.88 bits per heavy atom. The number of nitrogens with zero attached hydrogens (tertiary/aromatic N) is 1. The standard InChI is InChI=1S/C7H14N2O5.C6H13NO5/c1-13-7(14-2)6(3-10,4-11)8-5(12)9-7;1-6(2,11)7(3-8)5(10)12-4-9/h10-11H,3-4H2,1-2H3,(H2,8,9,12);8-9,11H,3-4H2,1-2H3. The molecule has 0 aromatic rings. The molecule has 13 nitrogen and oxygen atoms in total. The van der Waals surface area contributed by atoms with Crippen LogP contribution in [0, 0.1) is 0 Å². The van der Waals surface area contributed by atoms with Crippen molar-refractivity contribution in [2.24, 2.45) is 0 Å². The number of rotatable bonds is 7. The van der Waals surface area contributed by atoms with Gasteiger partial charge in [-0.1, -0.05) is 0 Å². The summed E-state index contributed by atoms with van der Waals surface area (Å²) >= 11 is 0. The first-order chi connectivity index (χ1) is 12.0. The number of ether oxygens (including phenoxy) is 3. The van der Waals surface area contributed by atoms with E-state index in [2.05, 4.69) is 15.4 Å². The van der Waals surface area contributed by atoms with E-state index in [1.807, 2.05) is 0 Å². The lowest BCUT2D eigenvalue weighted by Crippen LogP contribution is -2.66. The number of aliphatic hydroxyl groups is 5. The maximum atomic E-state index is 11.1. The third-order valence-corrected chi connectivity index (χ3v) is 3.59. The molecule has 3 amide bonds. The number of aliphatic hydroxyl groups excluding tert-OH is 4. The molecule has 0 radical (unpaired) electrons. The Labute approximate surface area is 150 Å². The molecule has 0 atom stereocenters. The highest BCUT2D eigenvalue weighted by Gasteiger charge is 2.60. The fourth-order valence-corrected chi connectivity index (χ4v) is 2.10. The molecule has 1 aliphatic heterocycles. The number of hydrogen-bond acceptors (Lipinski definition) is 10. The zero-order valence-corrected chi connectivity index (χ0v) is 15.1. The molecule has 0 saturated carbocycles. The van der Waals surface area contributed by atoms with E-state index in [0.717, 1.165) is 0 Å². The first kappa shape index (κ1) is 24.3. The molecule has 0 aromatic heterocycles. The molecular formula is C13H27N3O10. The molecule has 1 aliphatic rings. The average Bonchev–Trinajstić information content (AvgIpc) is 2.87. The van der Waals surface area contributed by atoms with Crippen molar-refractivity contribution in [3.63, 3.8) is 0 Å². The second-order valence-electron chi connectivity index (χ2n) is 5.61. The fourth-order valence-electron chi connectivity index (χ4n) is 2.10. The van der Waals surface area contributed by atoms with Crippen LogP contribution < -0.4 is 10.6 Å². The molecule has 1 heterocycles. The van der Waals surface area contributed by atoms with Crippen LogP contribution in [0.4, 0.5) is 9.59 Å². The zero-order chi connectivity index (χ0) is 20.6. The van der Waals surface area contributed by atoms with Gasteiger partial charge < -0.3 is 45.1 Å². The van der Waals surface area contributed by atoms with Crippen molar-refractivity contribution in [1.29, 1.82) is 0 Å². The van der Waals surface area contributed by atoms with E-state index in [1.54, 1.807) is 0 Å². The average molecular weight is 385 g/mol. The molecule has 0 aromatic carbocycles. The molecule has 7 N–H and O–H groups in total. The van der Waals surface area contributed by atoms with Crippen molar-refractivity contribution in [3.8, 4) is 0 Å². The minimum atomic E-state index is -1.55. The molecule has 154 valence electrons. The fraction of sp³-hybridized carbons (Fsp3) is 0.846. The third kappa shape index (κ3) is 5.14. The lowest BCUT2D eigenvalue weighted by Gasteiger charge is -2.38. The Morgan fingerprint density at radius 1 is 1.12 bits per heavy atom. The summed E-state index contributed by atoms with van der Waals surface area (Å²) in [7, 11) is 2.60. The van der Waals surface area contributed by atoms with E-state index in [1.165, 1.54) is 28.1 Å². The van der Waals surface area contributed by atoms with Gasteiger partial charge in [-0.2, -0.15) is 0 Å². The van der Waals surface area contributed by atoms with Crippen LogP contribution in [-0.4, -0.2) is 101 Å². The summed E-state index contributed by atoms with van der Waals surface area (Å²) in [4.78, 5) is 22.6. The Kier molecular flexibility index (Phi) is 9.16. The normalized spacial score (nSPS) is 17.5. The number of amides is 3. The summed E-state index contributed by atoms with van der Waals surface area (Å²) in [5.74, 6) is -1.55. The van der Waals surface area contributed by atoms with Crippen molar-refractivity contribution in [2.75, 3.05) is 41.0 Å². The molecule has 0 unspecified atom stereocenters. The predicted octanol–water partition coefficient (Wildman–Crippen LogP) is -2.98. The number of hydrogen-bond donors (Lipinski definition) is 7. The Hall–Kier alpha value is -1.74. The summed E-state index contributed by atoms with van der Waals surface area (Å²) in [6, 6.07) is -0.572. The van der Waals surface area contributed by atoms with E-state index < -0.39 is 56.0 Å². The lowest BCUT2D eigenvalue weighted by atomic mass is 9.98. The quantitative estimate of drug-likeness (QED) is 0.223. The molecule has 1 rings (SSSR count). The van der Waals surface area contributed by atoms with Crippen LogP contribution in [0.2, 0.25) is 0 Å². The SMILES string of the molecule is CC(C)(O)N(CO)C(=O)OCO.COC1(OC)NC(=O)NC1(CO)CO. The molecule has 1 fully saturated rings. The minimum absolute atomic E-state index is 0.510. The number of carbonyl (C=O) groups is 2. The molecule has 0 bridgehead atoms. The first-order valence-electron chi connectivity index (χ1n) is 7.33. The molecule has 26 heavy (non-hydrogen) atoms. The van der Waals surface area contributed by atoms with Gasteiger partial charge in [0.15, 0.2) is 12.3 Å². The van der Waals surface area contributed by atoms with Crippen molar-refractivity contribution >= 4 is 12.1 Å². The molecule has 13 heteroatoms. The number of nitrogens with one attached hydrogen (secondary N) is 2. The highest BCUT2D eigenvalue weighted by molar-refractivity contribution is 5.79. The smallest absolute Gasteiger partial charge is 0.415 e. The molecule has 0 aliphatic carbocycles. The van der Waals surface area contributed by atoms with Crippen molar-refractivity contribution < 1.29 is 49.3 Å². The largest absolute Gasteiger partial charge is 0.422 e. The van der Waals surface area contributed by atoms with Gasteiger partial charge in [-0.15, -0.1) is 0 Å². The van der Waals surface area contributed by atoms with Crippen LogP contribution in [0.1, 0.15) is 13.8 Å². The van der Waals surface area contributed by atoms with Gasteiger partial charge in [0.2, 0.25) is 0 Å². The summed E-state index contributed by atoms with van der Waals surface area (Å²) in [5, 5.41) is 49.1. The van der Waals surface area contributed by atoms with Crippen LogP contribution in [0.3, 0.4) is 0 Å². The third-order valence-electron chi connectivity index (χ3n) is 3.59. The van der Waals surface area contributed by atoms with Crippen LogP contribution in [0.5, 0.6) is 0 Å². The van der Waals surface area contributed by atoms with E-state index in [4.69, 9.17) is 29.9 Å². The number of urea groups is 1. The summed E-state index contributed by atoms with van der Waals surface area (Å²) in [5.41, 5.74) is -2.89. The summed E-state index contributed by atoms with van der Waals surface area (Å²) in [6.45, 7) is 0.130. The van der Waals surface area contributed by atoms with Crippen LogP contribution in [0.25, 0.3) is 0 Å². The number of methoxy groups -OCH3 is 2. The van der Waals surface area contributed by atoms with Crippen molar-refractivity contribution in [2.45, 2.75) is 31.0 Å². The van der Waals surface area contributed by atoms with Crippen molar-refractivity contribution in [3.05, 3.63) is 0 Å². The topological polar surface area (TPSA) is 190 Å². The van der Waals surface area contributed by atoms with E-state index in [0.29, 0.717) is 4.90 Å². The van der Waals surface area contributed by atoms with E-state index >= 15 is 0 Å². The highest BCUT2D eigenvalue weighted by Crippen LogP contribution is 2.28. The van der Waals surface area contributed by atoms with Crippen molar-refractivity contribution in [1.82, 2.24) is 15.5 Å². The first-order valence-corrected chi connectivity index (χ1v) is 7.33.